The van der Waals surface area contributed by atoms with E-state index in [9.17, 15) is 13.2 Å². The highest BCUT2D eigenvalue weighted by Crippen LogP contribution is 2.20. The topological polar surface area (TPSA) is 69.7 Å². The Balaban J connectivity index is 1.57. The number of sulfonamides is 1. The van der Waals surface area contributed by atoms with Gasteiger partial charge in [0, 0.05) is 26.2 Å². The van der Waals surface area contributed by atoms with Crippen LogP contribution < -0.4 is 5.32 Å². The van der Waals surface area contributed by atoms with Crippen LogP contribution in [0.2, 0.25) is 0 Å². The van der Waals surface area contributed by atoms with E-state index in [2.05, 4.69) is 22.3 Å². The van der Waals surface area contributed by atoms with E-state index in [1.165, 1.54) is 22.7 Å². The number of nitrogens with zero attached hydrogens (tertiary/aromatic N) is 2. The Morgan fingerprint density at radius 2 is 1.81 bits per heavy atom. The van der Waals surface area contributed by atoms with Gasteiger partial charge in [-0.1, -0.05) is 24.3 Å². The monoisotopic (exact) mass is 393 g/mol. The molecule has 1 aromatic rings. The largest absolute Gasteiger partial charge is 0.352 e. The lowest BCUT2D eigenvalue weighted by Gasteiger charge is -2.31. The second-order valence-electron chi connectivity index (χ2n) is 7.57. The summed E-state index contributed by atoms with van der Waals surface area (Å²) in [5.74, 6) is -0.210. The number of rotatable bonds is 7. The molecular formula is C20H31N3O3S. The van der Waals surface area contributed by atoms with Crippen LogP contribution in [0.3, 0.4) is 0 Å². The molecule has 1 atom stereocenters. The molecule has 0 bridgehead atoms. The summed E-state index contributed by atoms with van der Waals surface area (Å²) in [5.41, 5.74) is 2.41. The molecule has 1 amide bonds. The molecule has 27 heavy (non-hydrogen) atoms. The first-order valence-corrected chi connectivity index (χ1v) is 11.6. The number of likely N-dealkylation sites (tertiary alicyclic amines) is 1. The van der Waals surface area contributed by atoms with E-state index in [-0.39, 0.29) is 17.6 Å². The lowest BCUT2D eigenvalue weighted by Crippen LogP contribution is -2.45. The van der Waals surface area contributed by atoms with E-state index in [1.54, 1.807) is 6.92 Å². The quantitative estimate of drug-likeness (QED) is 0.769. The van der Waals surface area contributed by atoms with E-state index in [0.29, 0.717) is 19.6 Å². The first kappa shape index (κ1) is 20.3. The van der Waals surface area contributed by atoms with Crippen molar-refractivity contribution >= 4 is 15.9 Å². The number of hydrogen-bond acceptors (Lipinski definition) is 4. The zero-order valence-electron chi connectivity index (χ0n) is 16.2. The smallest absolute Gasteiger partial charge is 0.224 e. The molecule has 0 aliphatic carbocycles. The third-order valence-corrected chi connectivity index (χ3v) is 7.53. The molecule has 0 aromatic heterocycles. The molecule has 2 saturated heterocycles. The first-order chi connectivity index (χ1) is 13.0. The van der Waals surface area contributed by atoms with Gasteiger partial charge < -0.3 is 5.32 Å². The van der Waals surface area contributed by atoms with Crippen molar-refractivity contribution in [2.45, 2.75) is 45.7 Å². The van der Waals surface area contributed by atoms with E-state index in [1.807, 2.05) is 12.1 Å². The minimum Gasteiger partial charge on any atom is -0.352 e. The Morgan fingerprint density at radius 3 is 2.52 bits per heavy atom. The van der Waals surface area contributed by atoms with Gasteiger partial charge in [0.1, 0.15) is 0 Å². The Morgan fingerprint density at radius 1 is 1.11 bits per heavy atom. The Bertz CT molecular complexity index is 745. The number of piperidine rings is 1. The maximum Gasteiger partial charge on any atom is 0.224 e. The second kappa shape index (κ2) is 9.17. The van der Waals surface area contributed by atoms with Crippen LogP contribution in [-0.2, 0) is 27.9 Å². The van der Waals surface area contributed by atoms with Gasteiger partial charge in [0.05, 0.1) is 11.7 Å². The number of benzene rings is 1. The van der Waals surface area contributed by atoms with Gasteiger partial charge in [-0.2, -0.15) is 0 Å². The van der Waals surface area contributed by atoms with Crippen LogP contribution in [0.25, 0.3) is 0 Å². The third-order valence-electron chi connectivity index (χ3n) is 5.68. The van der Waals surface area contributed by atoms with Gasteiger partial charge in [-0.15, -0.1) is 0 Å². The van der Waals surface area contributed by atoms with Crippen molar-refractivity contribution in [3.05, 3.63) is 35.4 Å². The molecule has 0 unspecified atom stereocenters. The first-order valence-electron chi connectivity index (χ1n) is 10.0. The number of amides is 1. The summed E-state index contributed by atoms with van der Waals surface area (Å²) in [6.07, 6.45) is 4.01. The summed E-state index contributed by atoms with van der Waals surface area (Å²) in [6.45, 7) is 6.19. The Labute approximate surface area is 163 Å². The molecule has 150 valence electrons. The molecule has 3 rings (SSSR count). The number of carbonyl (C=O) groups is 1. The van der Waals surface area contributed by atoms with Gasteiger partial charge in [0.15, 0.2) is 0 Å². The van der Waals surface area contributed by atoms with Crippen molar-refractivity contribution in [1.82, 2.24) is 14.5 Å². The van der Waals surface area contributed by atoms with Gasteiger partial charge in [-0.3, -0.25) is 9.69 Å². The molecule has 7 heteroatoms. The fourth-order valence-electron chi connectivity index (χ4n) is 3.98. The van der Waals surface area contributed by atoms with Crippen molar-refractivity contribution in [1.29, 1.82) is 0 Å². The molecule has 0 radical (unpaired) electrons. The van der Waals surface area contributed by atoms with E-state index >= 15 is 0 Å². The van der Waals surface area contributed by atoms with Gasteiger partial charge >= 0.3 is 0 Å². The van der Waals surface area contributed by atoms with Crippen LogP contribution in [0.1, 0.15) is 43.7 Å². The molecule has 6 nitrogen and oxygen atoms in total. The molecule has 2 heterocycles. The minimum atomic E-state index is -3.23. The maximum absolute atomic E-state index is 12.6. The molecular weight excluding hydrogens is 362 g/mol. The zero-order chi connectivity index (χ0) is 19.3. The predicted molar refractivity (Wildman–Crippen MR) is 107 cm³/mol. The lowest BCUT2D eigenvalue weighted by molar-refractivity contribution is -0.126. The second-order valence-corrected chi connectivity index (χ2v) is 9.83. The Hall–Kier alpha value is -1.44. The summed E-state index contributed by atoms with van der Waals surface area (Å²) in [5, 5.41) is 3.05. The summed E-state index contributed by atoms with van der Waals surface area (Å²) < 4.78 is 25.7. The molecule has 2 aliphatic heterocycles. The van der Waals surface area contributed by atoms with Crippen molar-refractivity contribution in [3.8, 4) is 0 Å². The highest BCUT2D eigenvalue weighted by atomic mass is 32.2. The molecule has 0 saturated carbocycles. The van der Waals surface area contributed by atoms with Gasteiger partial charge in [-0.05, 0) is 56.8 Å². The highest BCUT2D eigenvalue weighted by molar-refractivity contribution is 7.89. The highest BCUT2D eigenvalue weighted by Gasteiger charge is 2.31. The van der Waals surface area contributed by atoms with Gasteiger partial charge in [-0.25, -0.2) is 12.7 Å². The van der Waals surface area contributed by atoms with Crippen LogP contribution >= 0.6 is 0 Å². The number of nitrogens with one attached hydrogen (secondary N) is 1. The minimum absolute atomic E-state index is 0.0398. The fraction of sp³-hybridized carbons (Fsp3) is 0.650. The van der Waals surface area contributed by atoms with E-state index < -0.39 is 10.0 Å². The van der Waals surface area contributed by atoms with Gasteiger partial charge in [0.25, 0.3) is 0 Å². The fourth-order valence-corrected chi connectivity index (χ4v) is 5.16. The number of hydrogen-bond donors (Lipinski definition) is 1. The molecule has 2 aliphatic rings. The van der Waals surface area contributed by atoms with Crippen molar-refractivity contribution in [3.63, 3.8) is 0 Å². The van der Waals surface area contributed by atoms with Crippen LogP contribution in [0.4, 0.5) is 0 Å². The summed E-state index contributed by atoms with van der Waals surface area (Å²) in [4.78, 5) is 15.1. The summed E-state index contributed by atoms with van der Waals surface area (Å²) in [6, 6.07) is 8.26. The molecule has 1 aromatic carbocycles. The maximum atomic E-state index is 12.6. The van der Waals surface area contributed by atoms with Crippen LogP contribution in [-0.4, -0.2) is 55.5 Å². The summed E-state index contributed by atoms with van der Waals surface area (Å²) >= 11 is 0. The van der Waals surface area contributed by atoms with Crippen LogP contribution in [0.5, 0.6) is 0 Å². The van der Waals surface area contributed by atoms with E-state index in [4.69, 9.17) is 0 Å². The van der Waals surface area contributed by atoms with Crippen LogP contribution in [0, 0.1) is 5.92 Å². The lowest BCUT2D eigenvalue weighted by atomic mass is 9.98. The summed E-state index contributed by atoms with van der Waals surface area (Å²) in [7, 11) is -3.23. The SMILES string of the molecule is CCS(=O)(=O)N1CCC[C@H](C(=O)NCc2ccccc2CN2CCCC2)C1. The molecule has 1 N–H and O–H groups in total. The van der Waals surface area contributed by atoms with Crippen molar-refractivity contribution < 1.29 is 13.2 Å². The third kappa shape index (κ3) is 5.30. The normalized spacial score (nSPS) is 22.0. The average molecular weight is 394 g/mol. The van der Waals surface area contributed by atoms with E-state index in [0.717, 1.165) is 38.0 Å². The number of carbonyl (C=O) groups excluding carboxylic acids is 1. The van der Waals surface area contributed by atoms with Gasteiger partial charge in [0.2, 0.25) is 15.9 Å². The standard InChI is InChI=1S/C20H31N3O3S/c1-2-27(25,26)23-13-7-10-19(16-23)20(24)21-14-17-8-3-4-9-18(17)15-22-11-5-6-12-22/h3-4,8-9,19H,2,5-7,10-16H2,1H3,(H,21,24)/t19-/m0/s1. The average Bonchev–Trinajstić information content (AvgIpc) is 3.20. The molecule has 0 spiro atoms. The Kier molecular flexibility index (Phi) is 6.89. The van der Waals surface area contributed by atoms with Crippen molar-refractivity contribution in [2.24, 2.45) is 5.92 Å². The van der Waals surface area contributed by atoms with Crippen LogP contribution in [0.15, 0.2) is 24.3 Å². The van der Waals surface area contributed by atoms with Crippen molar-refractivity contribution in [2.75, 3.05) is 31.9 Å². The predicted octanol–water partition coefficient (Wildman–Crippen LogP) is 1.96. The zero-order valence-corrected chi connectivity index (χ0v) is 17.0. The molecule has 2 fully saturated rings.